The first-order valence-electron chi connectivity index (χ1n) is 15.6. The summed E-state index contributed by atoms with van der Waals surface area (Å²) < 4.78 is 9.87. The molecule has 0 spiro atoms. The van der Waals surface area contributed by atoms with Crippen LogP contribution in [0.1, 0.15) is 71.4 Å². The minimum atomic E-state index is -0.333. The molecule has 12 nitrogen and oxygen atoms in total. The van der Waals surface area contributed by atoms with Crippen LogP contribution < -0.4 is 16.2 Å². The number of aromatic amines is 1. The zero-order valence-electron chi connectivity index (χ0n) is 28.5. The van der Waals surface area contributed by atoms with E-state index in [2.05, 4.69) is 15.6 Å². The molecule has 1 aromatic heterocycles. The van der Waals surface area contributed by atoms with Crippen molar-refractivity contribution in [1.82, 2.24) is 10.5 Å². The Hall–Kier alpha value is -5.36. The Bertz CT molecular complexity index is 2070. The molecule has 0 radical (unpaired) electrons. The molecule has 48 heavy (non-hydrogen) atoms. The number of nitrogens with one attached hydrogen (secondary N) is 2. The molecule has 4 N–H and O–H groups in total. The molecule has 4 aliphatic heterocycles. The van der Waals surface area contributed by atoms with E-state index in [1.807, 2.05) is 52.0 Å². The number of carbonyl (C=O) groups is 2. The number of esters is 2. The SMILES string of the molecule is COC(=O)CCC1=C(C)C2=NC1=CC1=NC(=CC3=C(C)C(=C(C)NO)C(=N3)C=c3[nH]c(c(C(C)=NO)c3C)=C2)C(C)=C1CCC(=O)OC. The smallest absolute Gasteiger partial charge is 0.305 e. The van der Waals surface area contributed by atoms with Gasteiger partial charge in [-0.3, -0.25) is 20.3 Å². The maximum atomic E-state index is 12.2. The maximum absolute atomic E-state index is 12.2. The van der Waals surface area contributed by atoms with Crippen molar-refractivity contribution >= 4 is 46.9 Å². The molecule has 5 heterocycles. The number of allylic oxidation sites excluding steroid dienone is 9. The number of methoxy groups -OCH3 is 2. The van der Waals surface area contributed by atoms with Crippen LogP contribution in [-0.2, 0) is 19.1 Å². The van der Waals surface area contributed by atoms with Crippen LogP contribution in [0.3, 0.4) is 0 Å². The van der Waals surface area contributed by atoms with Gasteiger partial charge < -0.3 is 19.7 Å². The predicted octanol–water partition coefficient (Wildman–Crippen LogP) is 4.29. The lowest BCUT2D eigenvalue weighted by atomic mass is 9.96. The van der Waals surface area contributed by atoms with Crippen LogP contribution in [0.5, 0.6) is 0 Å². The van der Waals surface area contributed by atoms with Gasteiger partial charge in [0.1, 0.15) is 0 Å². The molecular formula is C36H40N6O6. The van der Waals surface area contributed by atoms with E-state index in [0.717, 1.165) is 44.4 Å². The lowest BCUT2D eigenvalue weighted by molar-refractivity contribution is -0.141. The van der Waals surface area contributed by atoms with Gasteiger partial charge in [0.25, 0.3) is 0 Å². The van der Waals surface area contributed by atoms with E-state index in [1.165, 1.54) is 14.2 Å². The standard InChI is InChI=1S/C36H40N6O6/c1-17-23(9-11-33(43)47-7)29-16-30-24(10-12-34(44)48-8)18(2)26(38-30)14-31-36(22(6)42-46)20(4)28(40-31)15-32-35(21(5)41-45)19(3)27(39-32)13-25(17)37-29/h13-16,40-41,45-46H,9-12H2,1-8H3. The van der Waals surface area contributed by atoms with Crippen LogP contribution in [0.2, 0.25) is 0 Å². The molecule has 0 aromatic carbocycles. The van der Waals surface area contributed by atoms with Gasteiger partial charge in [0.15, 0.2) is 0 Å². The fourth-order valence-corrected chi connectivity index (χ4v) is 6.37. The lowest BCUT2D eigenvalue weighted by Gasteiger charge is -2.08. The summed E-state index contributed by atoms with van der Waals surface area (Å²) in [5, 5.41) is 24.7. The van der Waals surface area contributed by atoms with Crippen LogP contribution in [-0.4, -0.2) is 64.4 Å². The number of H-pyrrole nitrogens is 1. The third-order valence-electron chi connectivity index (χ3n) is 9.12. The quantitative estimate of drug-likeness (QED) is 0.140. The monoisotopic (exact) mass is 652 g/mol. The summed E-state index contributed by atoms with van der Waals surface area (Å²) in [5.41, 5.74) is 13.8. The lowest BCUT2D eigenvalue weighted by Crippen LogP contribution is -2.18. The van der Waals surface area contributed by atoms with Crippen molar-refractivity contribution in [2.75, 3.05) is 14.2 Å². The number of nitrogens with zero attached hydrogens (tertiary/aromatic N) is 4. The van der Waals surface area contributed by atoms with Gasteiger partial charge in [-0.15, -0.1) is 0 Å². The Kier molecular flexibility index (Phi) is 9.76. The maximum Gasteiger partial charge on any atom is 0.305 e. The van der Waals surface area contributed by atoms with Gasteiger partial charge in [0.05, 0.1) is 59.5 Å². The number of fused-ring (bicyclic) bond motifs is 5. The first-order chi connectivity index (χ1) is 22.9. The Morgan fingerprint density at radius 3 is 2.04 bits per heavy atom. The summed E-state index contributed by atoms with van der Waals surface area (Å²) in [7, 11) is 2.73. The summed E-state index contributed by atoms with van der Waals surface area (Å²) in [6, 6.07) is 0. The second-order valence-electron chi connectivity index (χ2n) is 12.0. The number of rotatable bonds is 8. The van der Waals surface area contributed by atoms with Crippen molar-refractivity contribution in [3.8, 4) is 0 Å². The number of aliphatic imine (C=N–C) groups is 3. The molecule has 1 aromatic rings. The van der Waals surface area contributed by atoms with Gasteiger partial charge in [-0.1, -0.05) is 5.16 Å². The van der Waals surface area contributed by atoms with Crippen molar-refractivity contribution in [2.45, 2.75) is 67.2 Å². The Morgan fingerprint density at radius 1 is 0.792 bits per heavy atom. The highest BCUT2D eigenvalue weighted by Crippen LogP contribution is 2.36. The molecule has 0 atom stereocenters. The largest absolute Gasteiger partial charge is 0.469 e. The van der Waals surface area contributed by atoms with Gasteiger partial charge in [-0.25, -0.2) is 15.0 Å². The number of ether oxygens (including phenoxy) is 2. The van der Waals surface area contributed by atoms with Gasteiger partial charge in [0.2, 0.25) is 0 Å². The zero-order chi connectivity index (χ0) is 34.9. The molecule has 0 saturated heterocycles. The molecule has 8 bridgehead atoms. The highest BCUT2D eigenvalue weighted by atomic mass is 16.5. The molecule has 5 rings (SSSR count). The average molecular weight is 653 g/mol. The highest BCUT2D eigenvalue weighted by molar-refractivity contribution is 6.26. The minimum absolute atomic E-state index is 0.165. The number of carbonyl (C=O) groups excluding carboxylic acids is 2. The Balaban J connectivity index is 1.85. The number of hydrogen-bond acceptors (Lipinski definition) is 11. The molecule has 0 saturated carbocycles. The van der Waals surface area contributed by atoms with Gasteiger partial charge >= 0.3 is 11.9 Å². The third-order valence-corrected chi connectivity index (χ3v) is 9.12. The van der Waals surface area contributed by atoms with E-state index < -0.39 is 0 Å². The van der Waals surface area contributed by atoms with Gasteiger partial charge in [-0.2, -0.15) is 0 Å². The fourth-order valence-electron chi connectivity index (χ4n) is 6.37. The molecule has 250 valence electrons. The number of aromatic nitrogens is 1. The van der Waals surface area contributed by atoms with Gasteiger partial charge in [-0.05, 0) is 112 Å². The first kappa shape index (κ1) is 34.0. The van der Waals surface area contributed by atoms with E-state index in [9.17, 15) is 20.0 Å². The average Bonchev–Trinajstić information content (AvgIpc) is 3.74. The summed E-state index contributed by atoms with van der Waals surface area (Å²) >= 11 is 0. The van der Waals surface area contributed by atoms with Crippen molar-refractivity contribution in [1.29, 1.82) is 0 Å². The summed E-state index contributed by atoms with van der Waals surface area (Å²) in [5.74, 6) is -0.664. The van der Waals surface area contributed by atoms with Crippen molar-refractivity contribution < 1.29 is 29.5 Å². The molecular weight excluding hydrogens is 612 g/mol. The molecule has 0 amide bonds. The van der Waals surface area contributed by atoms with E-state index in [4.69, 9.17) is 24.5 Å². The van der Waals surface area contributed by atoms with E-state index in [0.29, 0.717) is 69.4 Å². The van der Waals surface area contributed by atoms with Crippen molar-refractivity contribution in [3.63, 3.8) is 0 Å². The van der Waals surface area contributed by atoms with Crippen LogP contribution in [0.15, 0.2) is 88.5 Å². The first-order valence-corrected chi connectivity index (χ1v) is 15.6. The predicted molar refractivity (Wildman–Crippen MR) is 184 cm³/mol. The Morgan fingerprint density at radius 2 is 1.42 bits per heavy atom. The molecule has 4 aliphatic rings. The highest BCUT2D eigenvalue weighted by Gasteiger charge is 2.28. The topological polar surface area (TPSA) is 170 Å². The molecule has 0 fully saturated rings. The van der Waals surface area contributed by atoms with Crippen molar-refractivity contribution in [3.05, 3.63) is 90.2 Å². The number of oxime groups is 1. The summed E-state index contributed by atoms with van der Waals surface area (Å²) in [4.78, 5) is 43.0. The van der Waals surface area contributed by atoms with E-state index >= 15 is 0 Å². The Labute approximate surface area is 278 Å². The van der Waals surface area contributed by atoms with Crippen LogP contribution in [0.4, 0.5) is 0 Å². The number of hydroxylamine groups is 1. The third kappa shape index (κ3) is 6.30. The molecule has 12 heteroatoms. The molecule has 0 unspecified atom stereocenters. The fraction of sp³-hybridized carbons (Fsp3) is 0.333. The summed E-state index contributed by atoms with van der Waals surface area (Å²) in [6.07, 6.45) is 8.73. The van der Waals surface area contributed by atoms with Gasteiger partial charge in [0, 0.05) is 35.0 Å². The van der Waals surface area contributed by atoms with Crippen LogP contribution in [0.25, 0.3) is 12.2 Å². The second kappa shape index (κ2) is 13.8. The van der Waals surface area contributed by atoms with Crippen LogP contribution >= 0.6 is 0 Å². The molecule has 0 aliphatic carbocycles. The zero-order valence-corrected chi connectivity index (χ0v) is 28.5. The normalized spacial score (nSPS) is 18.5. The van der Waals surface area contributed by atoms with Crippen molar-refractivity contribution in [2.24, 2.45) is 20.1 Å². The van der Waals surface area contributed by atoms with Crippen LogP contribution in [0, 0.1) is 6.92 Å². The second-order valence-corrected chi connectivity index (χ2v) is 12.0. The summed E-state index contributed by atoms with van der Waals surface area (Å²) in [6.45, 7) is 11.3. The van der Waals surface area contributed by atoms with E-state index in [1.54, 1.807) is 13.8 Å². The minimum Gasteiger partial charge on any atom is -0.469 e. The number of hydrogen-bond donors (Lipinski definition) is 4. The van der Waals surface area contributed by atoms with E-state index in [-0.39, 0.29) is 24.8 Å².